The Balaban J connectivity index is 5.24. The second-order valence-corrected chi connectivity index (χ2v) is 33.1. The number of ether oxygens (including phenoxy) is 4. The maximum atomic E-state index is 13.1. The molecule has 0 spiro atoms. The number of rotatable bonds is 81. The van der Waals surface area contributed by atoms with Crippen molar-refractivity contribution < 1.29 is 80.2 Å². The zero-order valence-corrected chi connectivity index (χ0v) is 68.0. The second-order valence-electron chi connectivity index (χ2n) is 30.2. The maximum absolute atomic E-state index is 13.1. The third-order valence-corrected chi connectivity index (χ3v) is 21.5. The van der Waals surface area contributed by atoms with Crippen LogP contribution >= 0.6 is 15.6 Å². The third kappa shape index (κ3) is 74.7. The molecule has 0 aliphatic heterocycles. The van der Waals surface area contributed by atoms with Gasteiger partial charge in [-0.3, -0.25) is 37.3 Å². The molecule has 0 fully saturated rings. The summed E-state index contributed by atoms with van der Waals surface area (Å²) in [5, 5.41) is 10.6. The number of hydrogen-bond donors (Lipinski definition) is 3. The van der Waals surface area contributed by atoms with Gasteiger partial charge >= 0.3 is 39.5 Å². The fourth-order valence-corrected chi connectivity index (χ4v) is 14.3. The van der Waals surface area contributed by atoms with Gasteiger partial charge in [-0.15, -0.1) is 0 Å². The molecule has 3 unspecified atom stereocenters. The van der Waals surface area contributed by atoms with E-state index in [0.717, 1.165) is 102 Å². The number of unbranched alkanes of at least 4 members (excludes halogenated alkanes) is 50. The van der Waals surface area contributed by atoms with Crippen molar-refractivity contribution in [2.75, 3.05) is 39.6 Å². The van der Waals surface area contributed by atoms with E-state index in [-0.39, 0.29) is 25.7 Å². The minimum Gasteiger partial charge on any atom is -0.462 e. The molecular formula is C82H160O17P2. The Kier molecular flexibility index (Phi) is 72.2. The van der Waals surface area contributed by atoms with Gasteiger partial charge in [-0.25, -0.2) is 9.13 Å². The van der Waals surface area contributed by atoms with Crippen molar-refractivity contribution in [3.05, 3.63) is 0 Å². The van der Waals surface area contributed by atoms with E-state index in [0.29, 0.717) is 25.7 Å². The van der Waals surface area contributed by atoms with Gasteiger partial charge in [-0.05, 0) is 37.5 Å². The van der Waals surface area contributed by atoms with Crippen molar-refractivity contribution in [1.82, 2.24) is 0 Å². The fraction of sp³-hybridized carbons (Fsp3) is 0.951. The molecule has 0 saturated carbocycles. The number of carbonyl (C=O) groups is 4. The van der Waals surface area contributed by atoms with Crippen LogP contribution in [0.25, 0.3) is 0 Å². The van der Waals surface area contributed by atoms with E-state index in [1.807, 2.05) is 0 Å². The van der Waals surface area contributed by atoms with Crippen LogP contribution in [0.15, 0.2) is 0 Å². The van der Waals surface area contributed by atoms with Gasteiger partial charge in [0.1, 0.15) is 19.3 Å². The fourth-order valence-electron chi connectivity index (χ4n) is 12.7. The van der Waals surface area contributed by atoms with E-state index in [1.54, 1.807) is 0 Å². The van der Waals surface area contributed by atoms with Gasteiger partial charge in [0.2, 0.25) is 0 Å². The molecule has 0 bridgehead atoms. The highest BCUT2D eigenvalue weighted by Crippen LogP contribution is 2.45. The van der Waals surface area contributed by atoms with E-state index < -0.39 is 97.5 Å². The normalized spacial score (nSPS) is 14.2. The summed E-state index contributed by atoms with van der Waals surface area (Å²) in [7, 11) is -9.92. The molecule has 0 heterocycles. The van der Waals surface area contributed by atoms with E-state index in [9.17, 15) is 43.2 Å². The van der Waals surface area contributed by atoms with Crippen LogP contribution < -0.4 is 0 Å². The number of aliphatic hydroxyl groups is 1. The first-order valence-electron chi connectivity index (χ1n) is 42.5. The molecule has 0 aromatic rings. The number of aliphatic hydroxyl groups excluding tert-OH is 1. The lowest BCUT2D eigenvalue weighted by Crippen LogP contribution is -2.30. The quantitative estimate of drug-likeness (QED) is 0.0222. The van der Waals surface area contributed by atoms with Crippen LogP contribution in [-0.2, 0) is 65.4 Å². The largest absolute Gasteiger partial charge is 0.472 e. The predicted octanol–water partition coefficient (Wildman–Crippen LogP) is 24.7. The molecule has 6 atom stereocenters. The molecule has 19 heteroatoms. The average Bonchev–Trinajstić information content (AvgIpc) is 1.01. The third-order valence-electron chi connectivity index (χ3n) is 19.6. The molecule has 0 rings (SSSR count). The molecular weight excluding hydrogens is 1320 g/mol. The second kappa shape index (κ2) is 73.6. The lowest BCUT2D eigenvalue weighted by atomic mass is 9.99. The summed E-state index contributed by atoms with van der Waals surface area (Å²) in [4.78, 5) is 73.1. The van der Waals surface area contributed by atoms with Crippen LogP contribution in [0.2, 0.25) is 0 Å². The average molecular weight is 1480 g/mol. The first kappa shape index (κ1) is 99.1. The highest BCUT2D eigenvalue weighted by Gasteiger charge is 2.30. The van der Waals surface area contributed by atoms with Crippen LogP contribution in [0.4, 0.5) is 0 Å². The first-order chi connectivity index (χ1) is 48.9. The Morgan fingerprint density at radius 1 is 0.287 bits per heavy atom. The van der Waals surface area contributed by atoms with Crippen LogP contribution in [0.1, 0.15) is 433 Å². The smallest absolute Gasteiger partial charge is 0.462 e. The summed E-state index contributed by atoms with van der Waals surface area (Å²) in [6.45, 7) is 9.66. The Morgan fingerprint density at radius 3 is 0.752 bits per heavy atom. The topological polar surface area (TPSA) is 237 Å². The molecule has 17 nitrogen and oxygen atoms in total. The van der Waals surface area contributed by atoms with Gasteiger partial charge in [-0.1, -0.05) is 382 Å². The summed E-state index contributed by atoms with van der Waals surface area (Å²) >= 11 is 0. The summed E-state index contributed by atoms with van der Waals surface area (Å²) in [6.07, 6.45) is 63.8. The SMILES string of the molecule is CCCCCCCCCCCCCCCCCCCCCCCC(=O)O[C@H](COC(=O)CCCCCCCCCCCCCCC(C)C)COP(=O)(O)OC[C@@H](O)COP(=O)(O)OC[C@@H](COC(=O)CCCCCCCCCCC(C)CC)OC(=O)CCCCCCCCCCCCCCC. The molecule has 0 amide bonds. The highest BCUT2D eigenvalue weighted by molar-refractivity contribution is 7.47. The lowest BCUT2D eigenvalue weighted by Gasteiger charge is -2.21. The van der Waals surface area contributed by atoms with Gasteiger partial charge in [0.05, 0.1) is 26.4 Å². The van der Waals surface area contributed by atoms with Crippen molar-refractivity contribution in [1.29, 1.82) is 0 Å². The van der Waals surface area contributed by atoms with Gasteiger partial charge in [0.15, 0.2) is 12.2 Å². The molecule has 0 saturated heterocycles. The molecule has 0 aromatic heterocycles. The van der Waals surface area contributed by atoms with E-state index in [4.69, 9.17) is 37.0 Å². The summed E-state index contributed by atoms with van der Waals surface area (Å²) < 4.78 is 68.8. The molecule has 0 aromatic carbocycles. The van der Waals surface area contributed by atoms with E-state index in [1.165, 1.54) is 250 Å². The van der Waals surface area contributed by atoms with Crippen molar-refractivity contribution >= 4 is 39.5 Å². The minimum absolute atomic E-state index is 0.107. The minimum atomic E-state index is -4.96. The zero-order chi connectivity index (χ0) is 74.2. The summed E-state index contributed by atoms with van der Waals surface area (Å²) in [5.41, 5.74) is 0. The maximum Gasteiger partial charge on any atom is 0.472 e. The Hall–Kier alpha value is -1.94. The number of phosphoric acid groups is 2. The van der Waals surface area contributed by atoms with Gasteiger partial charge in [-0.2, -0.15) is 0 Å². The summed E-state index contributed by atoms with van der Waals surface area (Å²) in [6, 6.07) is 0. The van der Waals surface area contributed by atoms with Crippen LogP contribution in [0.3, 0.4) is 0 Å². The Morgan fingerprint density at radius 2 is 0.505 bits per heavy atom. The highest BCUT2D eigenvalue weighted by atomic mass is 31.2. The number of carbonyl (C=O) groups excluding carboxylic acids is 4. The monoisotopic (exact) mass is 1480 g/mol. The van der Waals surface area contributed by atoms with Crippen molar-refractivity contribution in [3.63, 3.8) is 0 Å². The first-order valence-corrected chi connectivity index (χ1v) is 45.5. The van der Waals surface area contributed by atoms with E-state index >= 15 is 0 Å². The standard InChI is InChI=1S/C82H160O17P2/c1-7-10-12-14-16-18-20-22-23-24-25-26-27-28-29-31-37-41-49-55-61-67-82(87)98-77(70-92-79(84)64-58-52-46-39-35-33-32-34-38-44-50-56-62-74(4)5)72-96-100(88,89)94-68-76(83)69-95-101(90,91)97-73-78(71-93-80(85)65-59-53-47-43-42-45-51-57-63-75(6)9-3)99-81(86)66-60-54-48-40-36-30-21-19-17-15-13-11-8-2/h74-78,83H,7-73H2,1-6H3,(H,88,89)(H,90,91)/t75?,76-,77-,78-/m1/s1. The number of esters is 4. The molecule has 600 valence electrons. The van der Waals surface area contributed by atoms with Gasteiger partial charge in [0.25, 0.3) is 0 Å². The van der Waals surface area contributed by atoms with Crippen molar-refractivity contribution in [2.45, 2.75) is 452 Å². The zero-order valence-electron chi connectivity index (χ0n) is 66.2. The number of hydrogen-bond acceptors (Lipinski definition) is 15. The van der Waals surface area contributed by atoms with E-state index in [2.05, 4.69) is 41.5 Å². The molecule has 3 N–H and O–H groups in total. The van der Waals surface area contributed by atoms with Gasteiger partial charge in [0, 0.05) is 25.7 Å². The van der Waals surface area contributed by atoms with Crippen LogP contribution in [-0.4, -0.2) is 96.7 Å². The Labute approximate surface area is 619 Å². The van der Waals surface area contributed by atoms with Crippen LogP contribution in [0, 0.1) is 11.8 Å². The van der Waals surface area contributed by atoms with Crippen LogP contribution in [0.5, 0.6) is 0 Å². The lowest BCUT2D eigenvalue weighted by molar-refractivity contribution is -0.161. The summed E-state index contributed by atoms with van der Waals surface area (Å²) in [5.74, 6) is -0.548. The van der Waals surface area contributed by atoms with Crippen molar-refractivity contribution in [2.24, 2.45) is 11.8 Å². The molecule has 101 heavy (non-hydrogen) atoms. The molecule has 0 aliphatic carbocycles. The molecule has 0 radical (unpaired) electrons. The van der Waals surface area contributed by atoms with Crippen molar-refractivity contribution in [3.8, 4) is 0 Å². The number of phosphoric ester groups is 2. The molecule has 0 aliphatic rings. The van der Waals surface area contributed by atoms with Gasteiger partial charge < -0.3 is 33.8 Å². The predicted molar refractivity (Wildman–Crippen MR) is 414 cm³/mol. The Bertz CT molecular complexity index is 1940.